The van der Waals surface area contributed by atoms with E-state index in [1.165, 1.54) is 16.7 Å². The lowest BCUT2D eigenvalue weighted by Gasteiger charge is -2.06. The molecule has 0 atom stereocenters. The van der Waals surface area contributed by atoms with Gasteiger partial charge < -0.3 is 9.51 Å². The van der Waals surface area contributed by atoms with Crippen molar-refractivity contribution in [2.24, 2.45) is 0 Å². The highest BCUT2D eigenvalue weighted by Gasteiger charge is 2.06. The molecule has 0 amide bonds. The molecule has 19 heavy (non-hydrogen) atoms. The fraction of sp³-hybridized carbons (Fsp3) is 0.143. The highest BCUT2D eigenvalue weighted by molar-refractivity contribution is 5.48. The first-order chi connectivity index (χ1) is 9.06. The highest BCUT2D eigenvalue weighted by Crippen LogP contribution is 2.14. The second kappa shape index (κ2) is 3.98. The molecule has 5 nitrogen and oxygen atoms in total. The van der Waals surface area contributed by atoms with Crippen LogP contribution in [0.4, 0.5) is 0 Å². The third-order valence-electron chi connectivity index (χ3n) is 3.26. The minimum atomic E-state index is -0.270. The van der Waals surface area contributed by atoms with Crippen LogP contribution in [0.3, 0.4) is 0 Å². The highest BCUT2D eigenvalue weighted by atomic mass is 16.3. The largest absolute Gasteiger partial charge is 0.508 e. The molecule has 3 heterocycles. The van der Waals surface area contributed by atoms with Gasteiger partial charge in [-0.3, -0.25) is 9.36 Å². The monoisotopic (exact) mass is 255 g/mol. The molecule has 0 aromatic carbocycles. The van der Waals surface area contributed by atoms with Crippen molar-refractivity contribution in [3.63, 3.8) is 0 Å². The van der Waals surface area contributed by atoms with Gasteiger partial charge in [0.1, 0.15) is 11.4 Å². The van der Waals surface area contributed by atoms with E-state index in [0.717, 1.165) is 22.7 Å². The van der Waals surface area contributed by atoms with E-state index in [4.69, 9.17) is 0 Å². The standard InChI is InChI=1S/C14H13N3O2/c1-9-10(2)17-8-11(3-4-13(17)15-9)16-6-5-12(18)7-14(16)19/h3-8,18H,1-2H3. The van der Waals surface area contributed by atoms with Crippen molar-refractivity contribution in [2.75, 3.05) is 0 Å². The molecule has 0 aliphatic heterocycles. The Kier molecular flexibility index (Phi) is 2.41. The van der Waals surface area contributed by atoms with E-state index >= 15 is 0 Å². The summed E-state index contributed by atoms with van der Waals surface area (Å²) in [7, 11) is 0. The molecule has 3 rings (SSSR count). The van der Waals surface area contributed by atoms with Gasteiger partial charge in [-0.2, -0.15) is 0 Å². The van der Waals surface area contributed by atoms with Crippen molar-refractivity contribution in [1.29, 1.82) is 0 Å². The van der Waals surface area contributed by atoms with Crippen molar-refractivity contribution < 1.29 is 5.11 Å². The van der Waals surface area contributed by atoms with Crippen LogP contribution in [0.15, 0.2) is 41.5 Å². The number of nitrogens with zero attached hydrogens (tertiary/aromatic N) is 3. The number of imidazole rings is 1. The van der Waals surface area contributed by atoms with Crippen molar-refractivity contribution >= 4 is 5.65 Å². The Morgan fingerprint density at radius 3 is 2.74 bits per heavy atom. The van der Waals surface area contributed by atoms with Crippen LogP contribution in [0.25, 0.3) is 11.3 Å². The molecule has 0 aliphatic rings. The number of rotatable bonds is 1. The molecule has 0 radical (unpaired) electrons. The van der Waals surface area contributed by atoms with Crippen LogP contribution in [0.5, 0.6) is 5.75 Å². The second-order valence-corrected chi connectivity index (χ2v) is 4.49. The molecule has 3 aromatic heterocycles. The van der Waals surface area contributed by atoms with E-state index in [9.17, 15) is 9.90 Å². The van der Waals surface area contributed by atoms with Crippen LogP contribution < -0.4 is 5.56 Å². The van der Waals surface area contributed by atoms with Crippen molar-refractivity contribution in [3.05, 3.63) is 58.4 Å². The Bertz CT molecular complexity index is 830. The molecule has 0 bridgehead atoms. The van der Waals surface area contributed by atoms with Crippen LogP contribution in [0, 0.1) is 13.8 Å². The summed E-state index contributed by atoms with van der Waals surface area (Å²) < 4.78 is 3.43. The predicted octanol–water partition coefficient (Wildman–Crippen LogP) is 1.81. The molecule has 5 heteroatoms. The maximum Gasteiger partial charge on any atom is 0.258 e. The van der Waals surface area contributed by atoms with E-state index in [0.29, 0.717) is 0 Å². The van der Waals surface area contributed by atoms with Gasteiger partial charge in [0.05, 0.1) is 11.4 Å². The molecule has 0 spiro atoms. The van der Waals surface area contributed by atoms with E-state index in [1.807, 2.05) is 36.6 Å². The van der Waals surface area contributed by atoms with Gasteiger partial charge in [-0.05, 0) is 32.0 Å². The van der Waals surface area contributed by atoms with Gasteiger partial charge in [-0.25, -0.2) is 4.98 Å². The minimum Gasteiger partial charge on any atom is -0.508 e. The second-order valence-electron chi connectivity index (χ2n) is 4.49. The molecule has 1 N–H and O–H groups in total. The Balaban J connectivity index is 2.25. The zero-order valence-corrected chi connectivity index (χ0v) is 10.7. The minimum absolute atomic E-state index is 0.0306. The van der Waals surface area contributed by atoms with Gasteiger partial charge in [0.15, 0.2) is 0 Å². The average molecular weight is 255 g/mol. The Morgan fingerprint density at radius 2 is 2.00 bits per heavy atom. The van der Waals surface area contributed by atoms with Crippen LogP contribution >= 0.6 is 0 Å². The lowest BCUT2D eigenvalue weighted by atomic mass is 10.3. The van der Waals surface area contributed by atoms with Crippen LogP contribution in [0.1, 0.15) is 11.4 Å². The summed E-state index contributed by atoms with van der Waals surface area (Å²) in [6.07, 6.45) is 3.42. The fourth-order valence-corrected chi connectivity index (χ4v) is 2.09. The Morgan fingerprint density at radius 1 is 1.21 bits per heavy atom. The third kappa shape index (κ3) is 1.79. The summed E-state index contributed by atoms with van der Waals surface area (Å²) in [5.41, 5.74) is 3.33. The SMILES string of the molecule is Cc1nc2ccc(-n3ccc(O)cc3=O)cn2c1C. The number of fused-ring (bicyclic) bond motifs is 1. The number of hydrogen-bond acceptors (Lipinski definition) is 3. The maximum atomic E-state index is 11.8. The van der Waals surface area contributed by atoms with Crippen LogP contribution in [0.2, 0.25) is 0 Å². The molecule has 3 aromatic rings. The van der Waals surface area contributed by atoms with Gasteiger partial charge in [0.2, 0.25) is 0 Å². The zero-order valence-electron chi connectivity index (χ0n) is 10.7. The first kappa shape index (κ1) is 11.5. The summed E-state index contributed by atoms with van der Waals surface area (Å²) in [4.78, 5) is 16.3. The van der Waals surface area contributed by atoms with E-state index in [-0.39, 0.29) is 11.3 Å². The Labute approximate surface area is 109 Å². The maximum absolute atomic E-state index is 11.8. The molecule has 0 unspecified atom stereocenters. The van der Waals surface area contributed by atoms with E-state index < -0.39 is 0 Å². The molecule has 0 saturated heterocycles. The van der Waals surface area contributed by atoms with Gasteiger partial charge >= 0.3 is 0 Å². The van der Waals surface area contributed by atoms with Crippen molar-refractivity contribution in [3.8, 4) is 11.4 Å². The van der Waals surface area contributed by atoms with E-state index in [1.54, 1.807) is 6.20 Å². The first-order valence-electron chi connectivity index (χ1n) is 5.93. The number of aromatic nitrogens is 3. The number of aromatic hydroxyl groups is 1. The molecular weight excluding hydrogens is 242 g/mol. The smallest absolute Gasteiger partial charge is 0.258 e. The Hall–Kier alpha value is -2.56. The first-order valence-corrected chi connectivity index (χ1v) is 5.93. The molecule has 96 valence electrons. The fourth-order valence-electron chi connectivity index (χ4n) is 2.09. The van der Waals surface area contributed by atoms with Gasteiger partial charge in [-0.15, -0.1) is 0 Å². The van der Waals surface area contributed by atoms with Crippen molar-refractivity contribution in [1.82, 2.24) is 14.0 Å². The summed E-state index contributed by atoms with van der Waals surface area (Å²) in [5, 5.41) is 9.28. The normalized spacial score (nSPS) is 11.1. The topological polar surface area (TPSA) is 59.5 Å². The number of hydrogen-bond donors (Lipinski definition) is 1. The molecule has 0 aliphatic carbocycles. The summed E-state index contributed by atoms with van der Waals surface area (Å²) >= 11 is 0. The quantitative estimate of drug-likeness (QED) is 0.721. The number of pyridine rings is 2. The van der Waals surface area contributed by atoms with Crippen LogP contribution in [-0.4, -0.2) is 19.1 Å². The molecular formula is C14H13N3O2. The van der Waals surface area contributed by atoms with Gasteiger partial charge in [0, 0.05) is 24.2 Å². The van der Waals surface area contributed by atoms with Crippen molar-refractivity contribution in [2.45, 2.75) is 13.8 Å². The van der Waals surface area contributed by atoms with E-state index in [2.05, 4.69) is 4.98 Å². The van der Waals surface area contributed by atoms with Gasteiger partial charge in [-0.1, -0.05) is 0 Å². The summed E-state index contributed by atoms with van der Waals surface area (Å²) in [6, 6.07) is 6.38. The average Bonchev–Trinajstić information content (AvgIpc) is 2.65. The summed E-state index contributed by atoms with van der Waals surface area (Å²) in [6.45, 7) is 3.94. The molecule has 0 saturated carbocycles. The van der Waals surface area contributed by atoms with Gasteiger partial charge in [0.25, 0.3) is 5.56 Å². The van der Waals surface area contributed by atoms with Crippen LogP contribution in [-0.2, 0) is 0 Å². The third-order valence-corrected chi connectivity index (χ3v) is 3.26. The zero-order chi connectivity index (χ0) is 13.6. The molecule has 0 fully saturated rings. The lowest BCUT2D eigenvalue weighted by molar-refractivity contribution is 0.473. The lowest BCUT2D eigenvalue weighted by Crippen LogP contribution is -2.16. The summed E-state index contributed by atoms with van der Waals surface area (Å²) in [5.74, 6) is -0.0306. The predicted molar refractivity (Wildman–Crippen MR) is 71.9 cm³/mol. The number of aryl methyl sites for hydroxylation is 2.